The molecule has 120 valence electrons. The number of unbranched alkanes of at least 4 members (excludes halogenated alkanes) is 3. The Bertz CT molecular complexity index is 367. The van der Waals surface area contributed by atoms with E-state index in [4.69, 9.17) is 4.74 Å². The van der Waals surface area contributed by atoms with Gasteiger partial charge >= 0.3 is 5.97 Å². The van der Waals surface area contributed by atoms with Gasteiger partial charge in [0.05, 0.1) is 6.42 Å². The molecule has 1 fully saturated rings. The first-order chi connectivity index (χ1) is 10.1. The summed E-state index contributed by atoms with van der Waals surface area (Å²) in [7, 11) is 0. The van der Waals surface area contributed by atoms with Crippen molar-refractivity contribution in [1.82, 2.24) is 5.32 Å². The number of Topliss-reactive ketones (excluding diaryl/α,β-unsaturated/α-hetero) is 1. The first-order valence-corrected chi connectivity index (χ1v) is 8.08. The predicted octanol–water partition coefficient (Wildman–Crippen LogP) is 2.52. The van der Waals surface area contributed by atoms with E-state index in [0.717, 1.165) is 38.5 Å². The third-order valence-corrected chi connectivity index (χ3v) is 3.70. The number of hydrogen-bond donors (Lipinski definition) is 1. The van der Waals surface area contributed by atoms with Crippen LogP contribution in [0.25, 0.3) is 0 Å². The van der Waals surface area contributed by atoms with E-state index in [2.05, 4.69) is 19.2 Å². The molecule has 1 saturated heterocycles. The lowest BCUT2D eigenvalue weighted by molar-refractivity contribution is -0.144. The van der Waals surface area contributed by atoms with E-state index in [1.807, 2.05) is 0 Å². The van der Waals surface area contributed by atoms with Crippen LogP contribution in [-0.2, 0) is 19.1 Å². The van der Waals surface area contributed by atoms with Gasteiger partial charge in [0.15, 0.2) is 0 Å². The Hall–Kier alpha value is -1.39. The quantitative estimate of drug-likeness (QED) is 0.382. The lowest BCUT2D eigenvalue weighted by Crippen LogP contribution is -2.38. The summed E-state index contributed by atoms with van der Waals surface area (Å²) in [4.78, 5) is 35.0. The van der Waals surface area contributed by atoms with Gasteiger partial charge in [0.2, 0.25) is 5.91 Å². The summed E-state index contributed by atoms with van der Waals surface area (Å²) in [6.45, 7) is 4.15. The number of cyclic esters (lactones) is 1. The van der Waals surface area contributed by atoms with Gasteiger partial charge in [-0.05, 0) is 12.8 Å². The maximum Gasteiger partial charge on any atom is 0.329 e. The molecule has 0 aliphatic carbocycles. The highest BCUT2D eigenvalue weighted by Crippen LogP contribution is 2.20. The molecule has 0 radical (unpaired) electrons. The highest BCUT2D eigenvalue weighted by atomic mass is 16.6. The molecule has 1 unspecified atom stereocenters. The summed E-state index contributed by atoms with van der Waals surface area (Å²) in [5.41, 5.74) is 0. The smallest absolute Gasteiger partial charge is 0.329 e. The van der Waals surface area contributed by atoms with Gasteiger partial charge in [-0.3, -0.25) is 9.59 Å². The Morgan fingerprint density at radius 3 is 2.57 bits per heavy atom. The minimum Gasteiger partial charge on any atom is -0.461 e. The van der Waals surface area contributed by atoms with Crippen molar-refractivity contribution in [2.45, 2.75) is 83.8 Å². The molecule has 1 amide bonds. The van der Waals surface area contributed by atoms with Crippen molar-refractivity contribution < 1.29 is 19.1 Å². The third-order valence-electron chi connectivity index (χ3n) is 3.70. The maximum atomic E-state index is 11.8. The number of ether oxygens (including phenoxy) is 1. The van der Waals surface area contributed by atoms with Crippen LogP contribution in [0, 0.1) is 0 Å². The normalized spacial score (nSPS) is 21.1. The van der Waals surface area contributed by atoms with Crippen molar-refractivity contribution in [2.24, 2.45) is 0 Å². The number of rotatable bonds is 10. The highest BCUT2D eigenvalue weighted by molar-refractivity contribution is 5.99. The Balaban J connectivity index is 2.27. The molecule has 0 aromatic carbocycles. The minimum absolute atomic E-state index is 0.0603. The van der Waals surface area contributed by atoms with E-state index in [0.29, 0.717) is 12.8 Å². The average molecular weight is 297 g/mol. The van der Waals surface area contributed by atoms with E-state index < -0.39 is 6.04 Å². The topological polar surface area (TPSA) is 72.5 Å². The molecule has 1 aliphatic heterocycles. The number of carbonyl (C=O) groups is 3. The van der Waals surface area contributed by atoms with Crippen LogP contribution in [0.15, 0.2) is 0 Å². The standard InChI is InChI=1S/C16H27NO4/c1-3-5-7-8-12(18)10-15(19)17-14-11-13(9-6-4-2)21-16(14)20/h13-14H,3-11H2,1-2H3,(H,17,19)/t13?,14-/m0/s1. The fraction of sp³-hybridized carbons (Fsp3) is 0.812. The summed E-state index contributed by atoms with van der Waals surface area (Å²) in [5, 5.41) is 2.62. The van der Waals surface area contributed by atoms with Crippen LogP contribution in [0.4, 0.5) is 0 Å². The molecule has 21 heavy (non-hydrogen) atoms. The highest BCUT2D eigenvalue weighted by Gasteiger charge is 2.35. The van der Waals surface area contributed by atoms with Crippen LogP contribution in [0.2, 0.25) is 0 Å². The minimum atomic E-state index is -0.581. The largest absolute Gasteiger partial charge is 0.461 e. The van der Waals surface area contributed by atoms with Gasteiger partial charge in [-0.2, -0.15) is 0 Å². The molecule has 0 bridgehead atoms. The second kappa shape index (κ2) is 9.53. The second-order valence-electron chi connectivity index (χ2n) is 5.73. The zero-order valence-corrected chi connectivity index (χ0v) is 13.2. The van der Waals surface area contributed by atoms with Crippen molar-refractivity contribution in [3.63, 3.8) is 0 Å². The predicted molar refractivity (Wildman–Crippen MR) is 79.7 cm³/mol. The zero-order chi connectivity index (χ0) is 15.7. The van der Waals surface area contributed by atoms with Crippen molar-refractivity contribution in [1.29, 1.82) is 0 Å². The number of esters is 1. The first-order valence-electron chi connectivity index (χ1n) is 8.08. The SMILES string of the molecule is CCCCCC(=O)CC(=O)N[C@H]1CC(CCCC)OC1=O. The summed E-state index contributed by atoms with van der Waals surface area (Å²) < 4.78 is 5.22. The molecule has 2 atom stereocenters. The average Bonchev–Trinajstić information content (AvgIpc) is 2.77. The number of amides is 1. The van der Waals surface area contributed by atoms with Crippen LogP contribution in [-0.4, -0.2) is 29.8 Å². The van der Waals surface area contributed by atoms with E-state index in [9.17, 15) is 14.4 Å². The molecule has 1 aliphatic rings. The molecule has 5 nitrogen and oxygen atoms in total. The lowest BCUT2D eigenvalue weighted by Gasteiger charge is -2.08. The summed E-state index contributed by atoms with van der Waals surface area (Å²) in [5.74, 6) is -0.799. The van der Waals surface area contributed by atoms with Crippen LogP contribution in [0.3, 0.4) is 0 Å². The molecular weight excluding hydrogens is 270 g/mol. The van der Waals surface area contributed by atoms with Crippen molar-refractivity contribution >= 4 is 17.7 Å². The van der Waals surface area contributed by atoms with Gasteiger partial charge in [0, 0.05) is 12.8 Å². The van der Waals surface area contributed by atoms with E-state index >= 15 is 0 Å². The Labute approximate surface area is 126 Å². The first kappa shape index (κ1) is 17.7. The lowest BCUT2D eigenvalue weighted by atomic mass is 10.1. The summed E-state index contributed by atoms with van der Waals surface area (Å²) >= 11 is 0. The molecule has 1 rings (SSSR count). The second-order valence-corrected chi connectivity index (χ2v) is 5.73. The van der Waals surface area contributed by atoms with Crippen LogP contribution < -0.4 is 5.32 Å². The van der Waals surface area contributed by atoms with Crippen LogP contribution in [0.1, 0.15) is 71.6 Å². The monoisotopic (exact) mass is 297 g/mol. The fourth-order valence-electron chi connectivity index (χ4n) is 2.47. The van der Waals surface area contributed by atoms with E-state index in [1.165, 1.54) is 0 Å². The van der Waals surface area contributed by atoms with Gasteiger partial charge in [-0.25, -0.2) is 4.79 Å². The molecule has 5 heteroatoms. The van der Waals surface area contributed by atoms with Crippen LogP contribution in [0.5, 0.6) is 0 Å². The van der Waals surface area contributed by atoms with E-state index in [1.54, 1.807) is 0 Å². The van der Waals surface area contributed by atoms with E-state index in [-0.39, 0.29) is 30.2 Å². The fourth-order valence-corrected chi connectivity index (χ4v) is 2.47. The Morgan fingerprint density at radius 1 is 1.19 bits per heavy atom. The summed E-state index contributed by atoms with van der Waals surface area (Å²) in [6, 6.07) is -0.581. The van der Waals surface area contributed by atoms with Crippen molar-refractivity contribution in [3.05, 3.63) is 0 Å². The van der Waals surface area contributed by atoms with Crippen molar-refractivity contribution in [2.75, 3.05) is 0 Å². The summed E-state index contributed by atoms with van der Waals surface area (Å²) in [6.07, 6.45) is 6.51. The zero-order valence-electron chi connectivity index (χ0n) is 13.2. The van der Waals surface area contributed by atoms with Gasteiger partial charge in [-0.15, -0.1) is 0 Å². The number of carbonyl (C=O) groups excluding carboxylic acids is 3. The molecule has 1 N–H and O–H groups in total. The van der Waals surface area contributed by atoms with Crippen LogP contribution >= 0.6 is 0 Å². The Morgan fingerprint density at radius 2 is 1.90 bits per heavy atom. The maximum absolute atomic E-state index is 11.8. The molecule has 0 aromatic rings. The molecular formula is C16H27NO4. The van der Waals surface area contributed by atoms with Crippen molar-refractivity contribution in [3.8, 4) is 0 Å². The molecule has 0 saturated carbocycles. The van der Waals surface area contributed by atoms with Gasteiger partial charge in [0.1, 0.15) is 17.9 Å². The Kier molecular flexibility index (Phi) is 8.01. The number of hydrogen-bond acceptors (Lipinski definition) is 4. The molecule has 0 spiro atoms. The van der Waals surface area contributed by atoms with Gasteiger partial charge in [0.25, 0.3) is 0 Å². The molecule has 0 aromatic heterocycles. The van der Waals surface area contributed by atoms with Gasteiger partial charge in [-0.1, -0.05) is 39.5 Å². The molecule has 1 heterocycles. The van der Waals surface area contributed by atoms with Gasteiger partial charge < -0.3 is 10.1 Å². The number of nitrogens with one attached hydrogen (secondary N) is 1. The third kappa shape index (κ3) is 6.74. The number of ketones is 1.